The largest absolute Gasteiger partial charge is 0.385 e. The second-order valence-corrected chi connectivity index (χ2v) is 3.13. The number of ether oxygens (including phenoxy) is 1. The number of hydrogen-bond acceptors (Lipinski definition) is 3. The molecule has 0 fully saturated rings. The number of carbonyl (C=O) groups is 1. The van der Waals surface area contributed by atoms with E-state index in [0.29, 0.717) is 0 Å². The summed E-state index contributed by atoms with van der Waals surface area (Å²) >= 11 is 0. The van der Waals surface area contributed by atoms with Gasteiger partial charge in [-0.15, -0.1) is 0 Å². The molecule has 0 aliphatic carbocycles. The molecular weight excluding hydrogens is 168 g/mol. The summed E-state index contributed by atoms with van der Waals surface area (Å²) in [6.07, 6.45) is 3.25. The molecule has 4 nitrogen and oxygen atoms in total. The SMILES string of the molecule is COCCCCCNC(C)C(N)=O. The number of primary amides is 1. The van der Waals surface area contributed by atoms with Gasteiger partial charge in [-0.05, 0) is 32.7 Å². The predicted molar refractivity (Wildman–Crippen MR) is 52.4 cm³/mol. The molecule has 1 atom stereocenters. The average Bonchev–Trinajstić information content (AvgIpc) is 2.10. The van der Waals surface area contributed by atoms with Crippen LogP contribution in [0.3, 0.4) is 0 Å². The molecule has 0 saturated carbocycles. The zero-order valence-corrected chi connectivity index (χ0v) is 8.51. The van der Waals surface area contributed by atoms with E-state index >= 15 is 0 Å². The first-order valence-corrected chi connectivity index (χ1v) is 4.70. The molecule has 0 aromatic carbocycles. The number of amides is 1. The molecule has 4 heteroatoms. The molecule has 0 rings (SSSR count). The number of methoxy groups -OCH3 is 1. The van der Waals surface area contributed by atoms with Gasteiger partial charge >= 0.3 is 0 Å². The molecule has 0 aromatic rings. The minimum Gasteiger partial charge on any atom is -0.385 e. The summed E-state index contributed by atoms with van der Waals surface area (Å²) in [5.74, 6) is -0.295. The number of nitrogens with two attached hydrogens (primary N) is 1. The van der Waals surface area contributed by atoms with E-state index in [2.05, 4.69) is 5.32 Å². The predicted octanol–water partition coefficient (Wildman–Crippen LogP) is 0.267. The molecule has 0 aliphatic heterocycles. The van der Waals surface area contributed by atoms with Crippen LogP contribution in [0.4, 0.5) is 0 Å². The van der Waals surface area contributed by atoms with Gasteiger partial charge in [0.25, 0.3) is 0 Å². The van der Waals surface area contributed by atoms with Crippen LogP contribution in [0.15, 0.2) is 0 Å². The summed E-state index contributed by atoms with van der Waals surface area (Å²) in [6.45, 7) is 3.43. The maximum atomic E-state index is 10.6. The van der Waals surface area contributed by atoms with E-state index in [9.17, 15) is 4.79 Å². The highest BCUT2D eigenvalue weighted by Gasteiger charge is 2.05. The van der Waals surface area contributed by atoms with Crippen molar-refractivity contribution in [2.45, 2.75) is 32.2 Å². The fraction of sp³-hybridized carbons (Fsp3) is 0.889. The van der Waals surface area contributed by atoms with Crippen molar-refractivity contribution in [3.05, 3.63) is 0 Å². The minimum absolute atomic E-state index is 0.220. The van der Waals surface area contributed by atoms with E-state index < -0.39 is 0 Å². The standard InChI is InChI=1S/C9H20N2O2/c1-8(9(10)12)11-6-4-3-5-7-13-2/h8,11H,3-7H2,1-2H3,(H2,10,12). The van der Waals surface area contributed by atoms with Crippen LogP contribution in [-0.4, -0.2) is 32.2 Å². The average molecular weight is 188 g/mol. The normalized spacial score (nSPS) is 12.8. The quantitative estimate of drug-likeness (QED) is 0.537. The van der Waals surface area contributed by atoms with Crippen molar-refractivity contribution < 1.29 is 9.53 Å². The lowest BCUT2D eigenvalue weighted by Gasteiger charge is -2.09. The topological polar surface area (TPSA) is 64.3 Å². The van der Waals surface area contributed by atoms with Gasteiger partial charge in [0.2, 0.25) is 5.91 Å². The molecule has 0 saturated heterocycles. The Morgan fingerprint density at radius 2 is 2.15 bits per heavy atom. The Morgan fingerprint density at radius 3 is 2.69 bits per heavy atom. The molecule has 0 radical (unpaired) electrons. The van der Waals surface area contributed by atoms with Crippen LogP contribution in [-0.2, 0) is 9.53 Å². The first kappa shape index (κ1) is 12.4. The Bertz CT molecular complexity index is 140. The smallest absolute Gasteiger partial charge is 0.234 e. The highest BCUT2D eigenvalue weighted by molar-refractivity contribution is 5.79. The first-order chi connectivity index (χ1) is 6.18. The maximum Gasteiger partial charge on any atom is 0.234 e. The van der Waals surface area contributed by atoms with Crippen molar-refractivity contribution in [2.75, 3.05) is 20.3 Å². The summed E-state index contributed by atoms with van der Waals surface area (Å²) in [4.78, 5) is 10.6. The maximum absolute atomic E-state index is 10.6. The zero-order valence-electron chi connectivity index (χ0n) is 8.51. The Hall–Kier alpha value is -0.610. The second kappa shape index (κ2) is 8.01. The Morgan fingerprint density at radius 1 is 1.46 bits per heavy atom. The van der Waals surface area contributed by atoms with Crippen LogP contribution < -0.4 is 11.1 Å². The third-order valence-corrected chi connectivity index (χ3v) is 1.90. The van der Waals surface area contributed by atoms with Crippen LogP contribution in [0.1, 0.15) is 26.2 Å². The van der Waals surface area contributed by atoms with E-state index in [-0.39, 0.29) is 11.9 Å². The van der Waals surface area contributed by atoms with Crippen molar-refractivity contribution in [3.8, 4) is 0 Å². The lowest BCUT2D eigenvalue weighted by Crippen LogP contribution is -2.39. The Labute approximate surface area is 79.8 Å². The van der Waals surface area contributed by atoms with Crippen molar-refractivity contribution >= 4 is 5.91 Å². The highest BCUT2D eigenvalue weighted by atomic mass is 16.5. The summed E-state index contributed by atoms with van der Waals surface area (Å²) < 4.78 is 4.91. The van der Waals surface area contributed by atoms with Crippen LogP contribution in [0.5, 0.6) is 0 Å². The molecule has 0 bridgehead atoms. The second-order valence-electron chi connectivity index (χ2n) is 3.13. The van der Waals surface area contributed by atoms with Crippen LogP contribution in [0.2, 0.25) is 0 Å². The molecular formula is C9H20N2O2. The molecule has 0 aliphatic rings. The van der Waals surface area contributed by atoms with Gasteiger partial charge in [-0.2, -0.15) is 0 Å². The summed E-state index contributed by atoms with van der Waals surface area (Å²) in [5, 5.41) is 3.04. The summed E-state index contributed by atoms with van der Waals surface area (Å²) in [5.41, 5.74) is 5.08. The van der Waals surface area contributed by atoms with E-state index in [1.54, 1.807) is 14.0 Å². The Balaban J connectivity index is 3.11. The lowest BCUT2D eigenvalue weighted by atomic mass is 10.2. The van der Waals surface area contributed by atoms with Crippen LogP contribution in [0, 0.1) is 0 Å². The summed E-state index contributed by atoms with van der Waals surface area (Å²) in [7, 11) is 1.70. The first-order valence-electron chi connectivity index (χ1n) is 4.70. The van der Waals surface area contributed by atoms with Crippen molar-refractivity contribution in [1.29, 1.82) is 0 Å². The van der Waals surface area contributed by atoms with E-state index in [4.69, 9.17) is 10.5 Å². The van der Waals surface area contributed by atoms with Gasteiger partial charge < -0.3 is 15.8 Å². The third kappa shape index (κ3) is 7.74. The van der Waals surface area contributed by atoms with Gasteiger partial charge in [0, 0.05) is 13.7 Å². The molecule has 0 spiro atoms. The number of carbonyl (C=O) groups excluding carboxylic acids is 1. The number of unbranched alkanes of at least 4 members (excludes halogenated alkanes) is 2. The molecule has 1 amide bonds. The van der Waals surface area contributed by atoms with Crippen molar-refractivity contribution in [3.63, 3.8) is 0 Å². The minimum atomic E-state index is -0.295. The lowest BCUT2D eigenvalue weighted by molar-refractivity contribution is -0.119. The van der Waals surface area contributed by atoms with Gasteiger partial charge in [0.05, 0.1) is 6.04 Å². The van der Waals surface area contributed by atoms with E-state index in [1.807, 2.05) is 0 Å². The van der Waals surface area contributed by atoms with Gasteiger partial charge in [-0.25, -0.2) is 0 Å². The third-order valence-electron chi connectivity index (χ3n) is 1.90. The number of hydrogen-bond donors (Lipinski definition) is 2. The van der Waals surface area contributed by atoms with E-state index in [1.165, 1.54) is 0 Å². The van der Waals surface area contributed by atoms with Crippen LogP contribution >= 0.6 is 0 Å². The number of nitrogens with one attached hydrogen (secondary N) is 1. The van der Waals surface area contributed by atoms with Gasteiger partial charge in [0.15, 0.2) is 0 Å². The monoisotopic (exact) mass is 188 g/mol. The Kier molecular flexibility index (Phi) is 7.63. The molecule has 3 N–H and O–H groups in total. The van der Waals surface area contributed by atoms with Crippen molar-refractivity contribution in [1.82, 2.24) is 5.32 Å². The van der Waals surface area contributed by atoms with Gasteiger partial charge in [-0.1, -0.05) is 0 Å². The summed E-state index contributed by atoms with van der Waals surface area (Å²) in [6, 6.07) is -0.220. The highest BCUT2D eigenvalue weighted by Crippen LogP contribution is 1.94. The fourth-order valence-electron chi connectivity index (χ4n) is 0.967. The molecule has 1 unspecified atom stereocenters. The van der Waals surface area contributed by atoms with Crippen molar-refractivity contribution in [2.24, 2.45) is 5.73 Å². The van der Waals surface area contributed by atoms with Gasteiger partial charge in [0.1, 0.15) is 0 Å². The van der Waals surface area contributed by atoms with Gasteiger partial charge in [-0.3, -0.25) is 4.79 Å². The number of rotatable bonds is 8. The molecule has 0 aromatic heterocycles. The molecule has 13 heavy (non-hydrogen) atoms. The molecule has 78 valence electrons. The fourth-order valence-corrected chi connectivity index (χ4v) is 0.967. The zero-order chi connectivity index (χ0) is 10.1. The van der Waals surface area contributed by atoms with E-state index in [0.717, 1.165) is 32.4 Å². The van der Waals surface area contributed by atoms with Crippen LogP contribution in [0.25, 0.3) is 0 Å². The molecule has 0 heterocycles.